The first-order chi connectivity index (χ1) is 10.4. The third-order valence-electron chi connectivity index (χ3n) is 4.05. The van der Waals surface area contributed by atoms with Crippen molar-refractivity contribution in [2.24, 2.45) is 0 Å². The lowest BCUT2D eigenvalue weighted by Crippen LogP contribution is -2.35. The summed E-state index contributed by atoms with van der Waals surface area (Å²) < 4.78 is 14.0. The predicted molar refractivity (Wildman–Crippen MR) is 76.4 cm³/mol. The van der Waals surface area contributed by atoms with Crippen molar-refractivity contribution in [2.75, 3.05) is 13.2 Å². The molecule has 0 saturated carbocycles. The highest BCUT2D eigenvalue weighted by molar-refractivity contribution is 5.41. The summed E-state index contributed by atoms with van der Waals surface area (Å²) in [5, 5.41) is 12.2. The fraction of sp³-hybridized carbons (Fsp3) is 0.467. The normalized spacial score (nSPS) is 23.7. The SMILES string of the molecule is CCC1NCCn2c1nnc2C1COc2ccccc2O1. The summed E-state index contributed by atoms with van der Waals surface area (Å²) in [6.07, 6.45) is 0.806. The lowest BCUT2D eigenvalue weighted by molar-refractivity contribution is 0.0814. The Morgan fingerprint density at radius 3 is 2.90 bits per heavy atom. The first-order valence-corrected chi connectivity index (χ1v) is 7.41. The number of hydrogen-bond donors (Lipinski definition) is 1. The third-order valence-corrected chi connectivity index (χ3v) is 4.05. The second kappa shape index (κ2) is 5.04. The van der Waals surface area contributed by atoms with E-state index in [1.165, 1.54) is 0 Å². The fourth-order valence-corrected chi connectivity index (χ4v) is 2.97. The molecule has 3 heterocycles. The van der Waals surface area contributed by atoms with Crippen LogP contribution in [0.4, 0.5) is 0 Å². The number of ether oxygens (including phenoxy) is 2. The number of benzene rings is 1. The smallest absolute Gasteiger partial charge is 0.192 e. The van der Waals surface area contributed by atoms with Crippen LogP contribution in [0.2, 0.25) is 0 Å². The van der Waals surface area contributed by atoms with Crippen LogP contribution >= 0.6 is 0 Å². The molecule has 0 spiro atoms. The Kier molecular flexibility index (Phi) is 3.03. The largest absolute Gasteiger partial charge is 0.485 e. The van der Waals surface area contributed by atoms with E-state index in [4.69, 9.17) is 9.47 Å². The third kappa shape index (κ3) is 2.06. The molecule has 6 nitrogen and oxygen atoms in total. The number of rotatable bonds is 2. The molecule has 1 aromatic heterocycles. The molecule has 0 amide bonds. The van der Waals surface area contributed by atoms with Crippen LogP contribution in [0.15, 0.2) is 24.3 Å². The molecule has 2 atom stereocenters. The van der Waals surface area contributed by atoms with E-state index in [1.807, 2.05) is 24.3 Å². The summed E-state index contributed by atoms with van der Waals surface area (Å²) in [5.74, 6) is 3.42. The molecule has 21 heavy (non-hydrogen) atoms. The van der Waals surface area contributed by atoms with Crippen molar-refractivity contribution in [3.63, 3.8) is 0 Å². The maximum absolute atomic E-state index is 6.04. The molecule has 1 N–H and O–H groups in total. The summed E-state index contributed by atoms with van der Waals surface area (Å²) in [6, 6.07) is 8.00. The number of para-hydroxylation sites is 2. The van der Waals surface area contributed by atoms with Gasteiger partial charge in [0, 0.05) is 13.1 Å². The molecule has 0 fully saturated rings. The standard InChI is InChI=1S/C15H18N4O2/c1-2-10-14-17-18-15(19(14)8-7-16-10)13-9-20-11-5-3-4-6-12(11)21-13/h3-6,10,13,16H,2,7-9H2,1H3. The lowest BCUT2D eigenvalue weighted by atomic mass is 10.1. The highest BCUT2D eigenvalue weighted by Crippen LogP contribution is 2.36. The van der Waals surface area contributed by atoms with Crippen LogP contribution in [0.1, 0.15) is 37.1 Å². The molecule has 0 saturated heterocycles. The van der Waals surface area contributed by atoms with Gasteiger partial charge in [0.25, 0.3) is 0 Å². The van der Waals surface area contributed by atoms with Gasteiger partial charge < -0.3 is 19.4 Å². The van der Waals surface area contributed by atoms with Crippen molar-refractivity contribution in [1.29, 1.82) is 0 Å². The molecular weight excluding hydrogens is 268 g/mol. The fourth-order valence-electron chi connectivity index (χ4n) is 2.97. The van der Waals surface area contributed by atoms with E-state index in [1.54, 1.807) is 0 Å². The van der Waals surface area contributed by atoms with E-state index >= 15 is 0 Å². The van der Waals surface area contributed by atoms with Gasteiger partial charge in [0.2, 0.25) is 0 Å². The molecule has 2 aliphatic heterocycles. The second-order valence-corrected chi connectivity index (χ2v) is 5.35. The van der Waals surface area contributed by atoms with Gasteiger partial charge in [-0.15, -0.1) is 10.2 Å². The van der Waals surface area contributed by atoms with Gasteiger partial charge in [-0.1, -0.05) is 19.1 Å². The van der Waals surface area contributed by atoms with Crippen molar-refractivity contribution in [3.05, 3.63) is 35.9 Å². The van der Waals surface area contributed by atoms with E-state index < -0.39 is 0 Å². The summed E-state index contributed by atoms with van der Waals surface area (Å²) in [5.41, 5.74) is 0. The Bertz CT molecular complexity index is 655. The van der Waals surface area contributed by atoms with Gasteiger partial charge >= 0.3 is 0 Å². The molecule has 1 aromatic carbocycles. The number of hydrogen-bond acceptors (Lipinski definition) is 5. The van der Waals surface area contributed by atoms with E-state index in [9.17, 15) is 0 Å². The highest BCUT2D eigenvalue weighted by atomic mass is 16.6. The first-order valence-electron chi connectivity index (χ1n) is 7.41. The quantitative estimate of drug-likeness (QED) is 0.913. The lowest BCUT2D eigenvalue weighted by Gasteiger charge is -2.28. The van der Waals surface area contributed by atoms with E-state index in [0.29, 0.717) is 6.61 Å². The second-order valence-electron chi connectivity index (χ2n) is 5.35. The molecule has 0 aliphatic carbocycles. The summed E-state index contributed by atoms with van der Waals surface area (Å²) >= 11 is 0. The monoisotopic (exact) mass is 286 g/mol. The van der Waals surface area contributed by atoms with Gasteiger partial charge in [0.15, 0.2) is 23.4 Å². The molecule has 110 valence electrons. The van der Waals surface area contributed by atoms with Crippen LogP contribution in [0.3, 0.4) is 0 Å². The molecule has 2 aliphatic rings. The highest BCUT2D eigenvalue weighted by Gasteiger charge is 2.31. The number of fused-ring (bicyclic) bond motifs is 2. The minimum Gasteiger partial charge on any atom is -0.485 e. The van der Waals surface area contributed by atoms with E-state index in [-0.39, 0.29) is 12.1 Å². The molecule has 2 unspecified atom stereocenters. The van der Waals surface area contributed by atoms with Gasteiger partial charge in [0.1, 0.15) is 12.4 Å². The number of aromatic nitrogens is 3. The Morgan fingerprint density at radius 1 is 1.24 bits per heavy atom. The minimum absolute atomic E-state index is 0.197. The van der Waals surface area contributed by atoms with Gasteiger partial charge in [-0.3, -0.25) is 0 Å². The average Bonchev–Trinajstić information content (AvgIpc) is 2.98. The Labute approximate surface area is 123 Å². The molecular formula is C15H18N4O2. The summed E-state index contributed by atoms with van der Waals surface area (Å²) in [4.78, 5) is 0. The zero-order valence-corrected chi connectivity index (χ0v) is 12.0. The molecule has 2 aromatic rings. The van der Waals surface area contributed by atoms with Crippen molar-refractivity contribution in [3.8, 4) is 11.5 Å². The molecule has 0 bridgehead atoms. The summed E-state index contributed by atoms with van der Waals surface area (Å²) in [7, 11) is 0. The van der Waals surface area contributed by atoms with Crippen molar-refractivity contribution in [1.82, 2.24) is 20.1 Å². The predicted octanol–water partition coefficient (Wildman–Crippen LogP) is 1.84. The Hall–Kier alpha value is -2.08. The van der Waals surface area contributed by atoms with E-state index in [0.717, 1.165) is 42.7 Å². The van der Waals surface area contributed by atoms with Gasteiger partial charge in [0.05, 0.1) is 6.04 Å². The maximum atomic E-state index is 6.04. The van der Waals surface area contributed by atoms with Gasteiger partial charge in [-0.05, 0) is 18.6 Å². The van der Waals surface area contributed by atoms with Crippen LogP contribution < -0.4 is 14.8 Å². The number of nitrogens with zero attached hydrogens (tertiary/aromatic N) is 3. The Morgan fingerprint density at radius 2 is 2.05 bits per heavy atom. The van der Waals surface area contributed by atoms with Gasteiger partial charge in [-0.2, -0.15) is 0 Å². The first kappa shape index (κ1) is 12.6. The summed E-state index contributed by atoms with van der Waals surface area (Å²) in [6.45, 7) is 4.42. The zero-order valence-electron chi connectivity index (χ0n) is 12.0. The zero-order chi connectivity index (χ0) is 14.2. The van der Waals surface area contributed by atoms with E-state index in [2.05, 4.69) is 27.0 Å². The average molecular weight is 286 g/mol. The van der Waals surface area contributed by atoms with Gasteiger partial charge in [-0.25, -0.2) is 0 Å². The molecule has 4 rings (SSSR count). The van der Waals surface area contributed by atoms with Crippen molar-refractivity contribution >= 4 is 0 Å². The van der Waals surface area contributed by atoms with Crippen molar-refractivity contribution < 1.29 is 9.47 Å². The maximum Gasteiger partial charge on any atom is 0.192 e. The number of nitrogens with one attached hydrogen (secondary N) is 1. The van der Waals surface area contributed by atoms with Crippen LogP contribution in [0.5, 0.6) is 11.5 Å². The van der Waals surface area contributed by atoms with Crippen LogP contribution in [0, 0.1) is 0 Å². The van der Waals surface area contributed by atoms with Crippen LogP contribution in [-0.4, -0.2) is 27.9 Å². The van der Waals surface area contributed by atoms with Crippen molar-refractivity contribution in [2.45, 2.75) is 32.0 Å². The molecule has 0 radical (unpaired) electrons. The Balaban J connectivity index is 1.65. The molecule has 6 heteroatoms. The minimum atomic E-state index is -0.197. The van der Waals surface area contributed by atoms with Crippen LogP contribution in [0.25, 0.3) is 0 Å². The topological polar surface area (TPSA) is 61.2 Å². The van der Waals surface area contributed by atoms with Crippen LogP contribution in [-0.2, 0) is 6.54 Å².